The van der Waals surface area contributed by atoms with E-state index in [1.54, 1.807) is 11.3 Å². The third-order valence-corrected chi connectivity index (χ3v) is 4.42. The van der Waals surface area contributed by atoms with Crippen molar-refractivity contribution in [2.24, 2.45) is 0 Å². The quantitative estimate of drug-likeness (QED) is 0.554. The standard InChI is InChI=1S/C16H14OS.Ce/c1-10(2)11-7-8-15-13(9-11)16(17)12-5-3-4-6-14(12)18-15;/h3-10H,1-2H3;. The van der Waals surface area contributed by atoms with Gasteiger partial charge in [-0.1, -0.05) is 32.0 Å². The molecule has 0 aliphatic rings. The zero-order valence-corrected chi connectivity index (χ0v) is 14.9. The van der Waals surface area contributed by atoms with E-state index in [0.29, 0.717) is 5.92 Å². The fourth-order valence-corrected chi connectivity index (χ4v) is 3.23. The van der Waals surface area contributed by atoms with Crippen molar-refractivity contribution in [3.05, 3.63) is 58.3 Å². The van der Waals surface area contributed by atoms with Crippen LogP contribution in [0.5, 0.6) is 0 Å². The average Bonchev–Trinajstić information content (AvgIpc) is 2.38. The molecule has 0 amide bonds. The molecule has 0 aliphatic carbocycles. The third-order valence-electron chi connectivity index (χ3n) is 3.27. The molecule has 3 aromatic rings. The van der Waals surface area contributed by atoms with Crippen molar-refractivity contribution in [3.8, 4) is 0 Å². The summed E-state index contributed by atoms with van der Waals surface area (Å²) in [5.74, 6) is 0.449. The Balaban J connectivity index is 0.00000133. The maximum Gasteiger partial charge on any atom is 0.195 e. The molecule has 1 nitrogen and oxygen atoms in total. The fraction of sp³-hybridized carbons (Fsp3) is 0.188. The van der Waals surface area contributed by atoms with Crippen LogP contribution in [0, 0.1) is 41.7 Å². The molecule has 0 unspecified atom stereocenters. The van der Waals surface area contributed by atoms with Gasteiger partial charge in [0.25, 0.3) is 0 Å². The predicted molar refractivity (Wildman–Crippen MR) is 79.7 cm³/mol. The normalized spacial score (nSPS) is 10.9. The maximum absolute atomic E-state index is 12.5. The van der Waals surface area contributed by atoms with Gasteiger partial charge in [0.1, 0.15) is 0 Å². The largest absolute Gasteiger partial charge is 0.289 e. The first kappa shape index (κ1) is 15.1. The summed E-state index contributed by atoms with van der Waals surface area (Å²) in [7, 11) is 0. The van der Waals surface area contributed by atoms with Gasteiger partial charge in [-0.15, -0.1) is 11.3 Å². The van der Waals surface area contributed by atoms with E-state index in [0.717, 1.165) is 20.2 Å². The number of hydrogen-bond acceptors (Lipinski definition) is 2. The first-order valence-corrected chi connectivity index (χ1v) is 6.94. The molecule has 1 aromatic heterocycles. The smallest absolute Gasteiger partial charge is 0.195 e. The van der Waals surface area contributed by atoms with Crippen molar-refractivity contribution < 1.29 is 41.7 Å². The molecule has 2 aromatic carbocycles. The molecule has 94 valence electrons. The Morgan fingerprint density at radius 2 is 1.63 bits per heavy atom. The molecule has 3 heteroatoms. The van der Waals surface area contributed by atoms with E-state index in [4.69, 9.17) is 0 Å². The fourth-order valence-electron chi connectivity index (χ4n) is 2.18. The summed E-state index contributed by atoms with van der Waals surface area (Å²) in [6, 6.07) is 14.1. The van der Waals surface area contributed by atoms with E-state index in [2.05, 4.69) is 26.0 Å². The number of rotatable bonds is 1. The summed E-state index contributed by atoms with van der Waals surface area (Å²) in [6.07, 6.45) is 0. The van der Waals surface area contributed by atoms with Gasteiger partial charge in [-0.25, -0.2) is 0 Å². The van der Waals surface area contributed by atoms with Gasteiger partial charge in [-0.3, -0.25) is 4.79 Å². The molecule has 19 heavy (non-hydrogen) atoms. The van der Waals surface area contributed by atoms with Crippen LogP contribution in [0.4, 0.5) is 0 Å². The summed E-state index contributed by atoms with van der Waals surface area (Å²) >= 11 is 1.69. The first-order chi connectivity index (χ1) is 8.66. The van der Waals surface area contributed by atoms with Gasteiger partial charge in [0, 0.05) is 61.9 Å². The van der Waals surface area contributed by atoms with Crippen molar-refractivity contribution in [2.75, 3.05) is 0 Å². The SMILES string of the molecule is CC(C)c1ccc2sc3ccccc3c(=O)c2c1.[Ce]. The maximum atomic E-state index is 12.5. The Morgan fingerprint density at radius 1 is 0.947 bits per heavy atom. The minimum atomic E-state index is 0. The second kappa shape index (κ2) is 6.00. The van der Waals surface area contributed by atoms with Crippen molar-refractivity contribution in [1.29, 1.82) is 0 Å². The summed E-state index contributed by atoms with van der Waals surface area (Å²) in [5.41, 5.74) is 1.38. The van der Waals surface area contributed by atoms with Crippen LogP contribution >= 0.6 is 11.3 Å². The summed E-state index contributed by atoms with van der Waals surface area (Å²) in [6.45, 7) is 4.30. The molecule has 0 N–H and O–H groups in total. The zero-order valence-electron chi connectivity index (χ0n) is 10.9. The van der Waals surface area contributed by atoms with Crippen molar-refractivity contribution in [3.63, 3.8) is 0 Å². The van der Waals surface area contributed by atoms with E-state index in [9.17, 15) is 4.79 Å². The molecule has 1 heterocycles. The Morgan fingerprint density at radius 3 is 2.37 bits per heavy atom. The number of fused-ring (bicyclic) bond motifs is 2. The van der Waals surface area contributed by atoms with E-state index in [1.807, 2.05) is 30.3 Å². The average molecular weight is 394 g/mol. The Bertz CT molecular complexity index is 789. The second-order valence-corrected chi connectivity index (χ2v) is 5.92. The van der Waals surface area contributed by atoms with Gasteiger partial charge in [-0.05, 0) is 35.7 Å². The van der Waals surface area contributed by atoms with Gasteiger partial charge >= 0.3 is 0 Å². The molecule has 0 aliphatic heterocycles. The molecule has 0 spiro atoms. The molecule has 0 radical (unpaired) electrons. The van der Waals surface area contributed by atoms with Gasteiger partial charge in [0.15, 0.2) is 5.43 Å². The van der Waals surface area contributed by atoms with Crippen LogP contribution in [0.25, 0.3) is 20.2 Å². The van der Waals surface area contributed by atoms with Crippen molar-refractivity contribution in [1.82, 2.24) is 0 Å². The topological polar surface area (TPSA) is 17.1 Å². The molecule has 0 bridgehead atoms. The van der Waals surface area contributed by atoms with E-state index in [1.165, 1.54) is 5.56 Å². The van der Waals surface area contributed by atoms with Gasteiger partial charge in [0.2, 0.25) is 0 Å². The Labute approximate surface area is 150 Å². The van der Waals surface area contributed by atoms with Crippen LogP contribution in [0.2, 0.25) is 0 Å². The van der Waals surface area contributed by atoms with E-state index < -0.39 is 0 Å². The molecule has 3 rings (SSSR count). The van der Waals surface area contributed by atoms with Crippen molar-refractivity contribution in [2.45, 2.75) is 19.8 Å². The van der Waals surface area contributed by atoms with Crippen LogP contribution in [-0.4, -0.2) is 0 Å². The molecular formula is C16H14CeOS. The monoisotopic (exact) mass is 394 g/mol. The van der Waals surface area contributed by atoms with Gasteiger partial charge < -0.3 is 0 Å². The van der Waals surface area contributed by atoms with Gasteiger partial charge in [-0.2, -0.15) is 0 Å². The summed E-state index contributed by atoms with van der Waals surface area (Å²) in [4.78, 5) is 12.5. The number of hydrogen-bond donors (Lipinski definition) is 0. The van der Waals surface area contributed by atoms with E-state index in [-0.39, 0.29) is 47.2 Å². The Hall–Kier alpha value is -0.293. The summed E-state index contributed by atoms with van der Waals surface area (Å²) < 4.78 is 2.13. The van der Waals surface area contributed by atoms with Crippen LogP contribution in [-0.2, 0) is 0 Å². The molecule has 0 saturated heterocycles. The zero-order chi connectivity index (χ0) is 12.7. The Kier molecular flexibility index (Phi) is 4.77. The van der Waals surface area contributed by atoms with Crippen LogP contribution in [0.3, 0.4) is 0 Å². The minimum absolute atomic E-state index is 0. The van der Waals surface area contributed by atoms with Crippen LogP contribution in [0.1, 0.15) is 25.3 Å². The second-order valence-electron chi connectivity index (χ2n) is 4.84. The van der Waals surface area contributed by atoms with Gasteiger partial charge in [0.05, 0.1) is 0 Å². The summed E-state index contributed by atoms with van der Waals surface area (Å²) in [5, 5.41) is 1.68. The minimum Gasteiger partial charge on any atom is -0.289 e. The molecule has 0 saturated carbocycles. The molecule has 0 fully saturated rings. The van der Waals surface area contributed by atoms with Crippen LogP contribution in [0.15, 0.2) is 47.3 Å². The van der Waals surface area contributed by atoms with Crippen LogP contribution < -0.4 is 5.43 Å². The molecular weight excluding hydrogens is 380 g/mol. The van der Waals surface area contributed by atoms with Crippen molar-refractivity contribution >= 4 is 31.5 Å². The van der Waals surface area contributed by atoms with E-state index >= 15 is 0 Å². The number of benzene rings is 2. The predicted octanol–water partition coefficient (Wildman–Crippen LogP) is 4.54. The first-order valence-electron chi connectivity index (χ1n) is 6.12. The third kappa shape index (κ3) is 2.77. The molecule has 0 atom stereocenters.